The summed E-state index contributed by atoms with van der Waals surface area (Å²) in [6.45, 7) is 3.05. The van der Waals surface area contributed by atoms with Crippen molar-refractivity contribution in [3.8, 4) is 0 Å². The van der Waals surface area contributed by atoms with Crippen LogP contribution in [0.2, 0.25) is 0 Å². The number of rotatable bonds is 9. The second-order valence-corrected chi connectivity index (χ2v) is 4.46. The van der Waals surface area contributed by atoms with E-state index in [9.17, 15) is 4.79 Å². The lowest BCUT2D eigenvalue weighted by molar-refractivity contribution is -0.149. The van der Waals surface area contributed by atoms with Crippen LogP contribution in [0.25, 0.3) is 0 Å². The Bertz CT molecular complexity index is 235. The highest BCUT2D eigenvalue weighted by atomic mass is 16.5. The molecule has 100 valence electrons. The molecule has 0 aromatic rings. The van der Waals surface area contributed by atoms with E-state index in [1.54, 1.807) is 14.2 Å². The highest BCUT2D eigenvalue weighted by molar-refractivity contribution is 5.72. The van der Waals surface area contributed by atoms with Crippen LogP contribution < -0.4 is 0 Å². The highest BCUT2D eigenvalue weighted by Gasteiger charge is 2.39. The van der Waals surface area contributed by atoms with Gasteiger partial charge in [-0.05, 0) is 19.3 Å². The number of carboxylic acid groups (broad SMARTS) is 1. The Kier molecular flexibility index (Phi) is 6.47. The van der Waals surface area contributed by atoms with Crippen LogP contribution in [-0.2, 0) is 14.3 Å². The minimum atomic E-state index is -0.671. The normalized spacial score (nSPS) is 23.7. The Morgan fingerprint density at radius 3 is 2.41 bits per heavy atom. The van der Waals surface area contributed by atoms with Crippen LogP contribution in [0.4, 0.5) is 0 Å². The molecular weight excluding hydrogens is 222 g/mol. The maximum Gasteiger partial charge on any atom is 0.308 e. The van der Waals surface area contributed by atoms with E-state index >= 15 is 0 Å². The molecule has 0 bridgehead atoms. The van der Waals surface area contributed by atoms with E-state index in [2.05, 4.69) is 4.90 Å². The largest absolute Gasteiger partial charge is 0.481 e. The fourth-order valence-electron chi connectivity index (χ4n) is 2.27. The van der Waals surface area contributed by atoms with Crippen molar-refractivity contribution < 1.29 is 19.4 Å². The lowest BCUT2D eigenvalue weighted by Crippen LogP contribution is -2.51. The minimum Gasteiger partial charge on any atom is -0.481 e. The lowest BCUT2D eigenvalue weighted by Gasteiger charge is -2.42. The Balaban J connectivity index is 2.41. The maximum absolute atomic E-state index is 11.0. The summed E-state index contributed by atoms with van der Waals surface area (Å²) in [7, 11) is 3.35. The van der Waals surface area contributed by atoms with Gasteiger partial charge in [0.2, 0.25) is 0 Å². The summed E-state index contributed by atoms with van der Waals surface area (Å²) in [6, 6.07) is 0.180. The smallest absolute Gasteiger partial charge is 0.308 e. The number of carboxylic acids is 1. The van der Waals surface area contributed by atoms with Gasteiger partial charge in [0.1, 0.15) is 0 Å². The second-order valence-electron chi connectivity index (χ2n) is 4.46. The minimum absolute atomic E-state index is 0.180. The molecule has 1 aliphatic carbocycles. The molecule has 0 spiro atoms. The predicted octanol–water partition coefficient (Wildman–Crippen LogP) is 0.835. The summed E-state index contributed by atoms with van der Waals surface area (Å²) >= 11 is 0. The van der Waals surface area contributed by atoms with Crippen LogP contribution >= 0.6 is 0 Å². The Hall–Kier alpha value is -0.650. The van der Waals surface area contributed by atoms with Crippen LogP contribution in [0.1, 0.15) is 19.3 Å². The van der Waals surface area contributed by atoms with E-state index in [0.717, 1.165) is 32.4 Å². The Morgan fingerprint density at radius 2 is 1.94 bits per heavy atom. The van der Waals surface area contributed by atoms with Gasteiger partial charge < -0.3 is 14.6 Å². The zero-order chi connectivity index (χ0) is 12.7. The number of methoxy groups -OCH3 is 2. The van der Waals surface area contributed by atoms with Crippen molar-refractivity contribution >= 4 is 5.97 Å². The number of nitrogens with zero attached hydrogens (tertiary/aromatic N) is 1. The third kappa shape index (κ3) is 4.26. The molecule has 2 atom stereocenters. The van der Waals surface area contributed by atoms with E-state index in [-0.39, 0.29) is 12.0 Å². The monoisotopic (exact) mass is 245 g/mol. The molecule has 1 N–H and O–H groups in total. The van der Waals surface area contributed by atoms with Gasteiger partial charge in [-0.3, -0.25) is 9.69 Å². The van der Waals surface area contributed by atoms with Gasteiger partial charge in [0, 0.05) is 40.0 Å². The lowest BCUT2D eigenvalue weighted by atomic mass is 9.78. The predicted molar refractivity (Wildman–Crippen MR) is 64.1 cm³/mol. The topological polar surface area (TPSA) is 59.0 Å². The molecule has 1 aliphatic rings. The number of ether oxygens (including phenoxy) is 2. The van der Waals surface area contributed by atoms with Crippen molar-refractivity contribution in [2.45, 2.75) is 25.3 Å². The van der Waals surface area contributed by atoms with Gasteiger partial charge in [0.15, 0.2) is 0 Å². The molecule has 1 rings (SSSR count). The SMILES string of the molecule is COCCCN(CCOC)C1CCC1C(=O)O. The summed E-state index contributed by atoms with van der Waals surface area (Å²) in [5, 5.41) is 9.07. The summed E-state index contributed by atoms with van der Waals surface area (Å²) in [6.07, 6.45) is 2.71. The first-order valence-electron chi connectivity index (χ1n) is 6.15. The Labute approximate surface area is 103 Å². The van der Waals surface area contributed by atoms with Gasteiger partial charge in [0.05, 0.1) is 12.5 Å². The average molecular weight is 245 g/mol. The van der Waals surface area contributed by atoms with Crippen molar-refractivity contribution in [3.63, 3.8) is 0 Å². The van der Waals surface area contributed by atoms with E-state index in [1.165, 1.54) is 0 Å². The first-order valence-corrected chi connectivity index (χ1v) is 6.15. The number of aliphatic carboxylic acids is 1. The summed E-state index contributed by atoms with van der Waals surface area (Å²) in [5.74, 6) is -0.871. The van der Waals surface area contributed by atoms with Crippen LogP contribution in [0.5, 0.6) is 0 Å². The van der Waals surface area contributed by atoms with Crippen molar-refractivity contribution in [2.24, 2.45) is 5.92 Å². The van der Waals surface area contributed by atoms with Crippen molar-refractivity contribution in [3.05, 3.63) is 0 Å². The summed E-state index contributed by atoms with van der Waals surface area (Å²) < 4.78 is 10.1. The maximum atomic E-state index is 11.0. The molecule has 0 aliphatic heterocycles. The van der Waals surface area contributed by atoms with E-state index in [0.29, 0.717) is 13.2 Å². The van der Waals surface area contributed by atoms with Gasteiger partial charge in [-0.2, -0.15) is 0 Å². The molecule has 2 unspecified atom stereocenters. The van der Waals surface area contributed by atoms with Crippen molar-refractivity contribution in [1.82, 2.24) is 4.90 Å². The number of hydrogen-bond acceptors (Lipinski definition) is 4. The first-order chi connectivity index (χ1) is 8.20. The average Bonchev–Trinajstić information content (AvgIpc) is 2.23. The van der Waals surface area contributed by atoms with Gasteiger partial charge in [0.25, 0.3) is 0 Å². The van der Waals surface area contributed by atoms with Crippen LogP contribution in [-0.4, -0.2) is 62.5 Å². The van der Waals surface area contributed by atoms with Gasteiger partial charge in [-0.15, -0.1) is 0 Å². The van der Waals surface area contributed by atoms with Crippen LogP contribution in [0.15, 0.2) is 0 Å². The van der Waals surface area contributed by atoms with E-state index < -0.39 is 5.97 Å². The molecule has 0 heterocycles. The first kappa shape index (κ1) is 14.4. The third-order valence-electron chi connectivity index (χ3n) is 3.40. The standard InChI is InChI=1S/C12H23NO4/c1-16-8-3-6-13(7-9-17-2)11-5-4-10(11)12(14)15/h10-11H,3-9H2,1-2H3,(H,14,15). The Morgan fingerprint density at radius 1 is 1.24 bits per heavy atom. The molecule has 0 aromatic carbocycles. The molecule has 0 amide bonds. The van der Waals surface area contributed by atoms with Crippen LogP contribution in [0.3, 0.4) is 0 Å². The molecule has 0 radical (unpaired) electrons. The number of carbonyl (C=O) groups is 1. The zero-order valence-electron chi connectivity index (χ0n) is 10.7. The number of hydrogen-bond donors (Lipinski definition) is 1. The molecule has 5 nitrogen and oxygen atoms in total. The fraction of sp³-hybridized carbons (Fsp3) is 0.917. The second kappa shape index (κ2) is 7.63. The highest BCUT2D eigenvalue weighted by Crippen LogP contribution is 2.32. The molecule has 1 fully saturated rings. The molecule has 17 heavy (non-hydrogen) atoms. The molecule has 5 heteroatoms. The van der Waals surface area contributed by atoms with Gasteiger partial charge in [-0.25, -0.2) is 0 Å². The molecule has 0 aromatic heterocycles. The molecule has 1 saturated carbocycles. The van der Waals surface area contributed by atoms with Crippen LogP contribution in [0, 0.1) is 5.92 Å². The van der Waals surface area contributed by atoms with Crippen molar-refractivity contribution in [2.75, 3.05) is 40.5 Å². The van der Waals surface area contributed by atoms with Crippen molar-refractivity contribution in [1.29, 1.82) is 0 Å². The zero-order valence-corrected chi connectivity index (χ0v) is 10.7. The summed E-state index contributed by atoms with van der Waals surface area (Å²) in [5.41, 5.74) is 0. The third-order valence-corrected chi connectivity index (χ3v) is 3.40. The summed E-state index contributed by atoms with van der Waals surface area (Å²) in [4.78, 5) is 13.2. The van der Waals surface area contributed by atoms with Gasteiger partial charge >= 0.3 is 5.97 Å². The fourth-order valence-corrected chi connectivity index (χ4v) is 2.27. The van der Waals surface area contributed by atoms with E-state index in [4.69, 9.17) is 14.6 Å². The van der Waals surface area contributed by atoms with Gasteiger partial charge in [-0.1, -0.05) is 0 Å². The molecular formula is C12H23NO4. The quantitative estimate of drug-likeness (QED) is 0.610. The van der Waals surface area contributed by atoms with E-state index in [1.807, 2.05) is 0 Å². The molecule has 0 saturated heterocycles.